The molecule has 1 fully saturated rings. The first-order chi connectivity index (χ1) is 12.0. The van der Waals surface area contributed by atoms with Crippen LogP contribution >= 0.6 is 22.7 Å². The van der Waals surface area contributed by atoms with Crippen molar-refractivity contribution >= 4 is 28.6 Å². The molecule has 2 unspecified atom stereocenters. The van der Waals surface area contributed by atoms with E-state index < -0.39 is 17.2 Å². The predicted octanol–water partition coefficient (Wildman–Crippen LogP) is 3.52. The van der Waals surface area contributed by atoms with Crippen LogP contribution in [0, 0.1) is 11.8 Å². The molecular formula is C19H23NO3S2. The van der Waals surface area contributed by atoms with Gasteiger partial charge in [0.1, 0.15) is 5.60 Å². The Morgan fingerprint density at radius 3 is 2.48 bits per heavy atom. The number of carbonyl (C=O) groups is 1. The minimum absolute atomic E-state index is 0.134. The van der Waals surface area contributed by atoms with Gasteiger partial charge in [-0.05, 0) is 55.1 Å². The van der Waals surface area contributed by atoms with Gasteiger partial charge in [0.15, 0.2) is 0 Å². The van der Waals surface area contributed by atoms with Crippen molar-refractivity contribution in [1.29, 1.82) is 0 Å². The third kappa shape index (κ3) is 3.08. The van der Waals surface area contributed by atoms with E-state index in [1.54, 1.807) is 12.1 Å². The first-order valence-electron chi connectivity index (χ1n) is 8.32. The maximum Gasteiger partial charge on any atom is 0.349 e. The zero-order valence-electron chi connectivity index (χ0n) is 14.2. The standard InChI is InChI=1S/C19H23NO3S2/c1-3-13-12-18(2,14(13)8-9-20)23-17(21)19(22,15-6-4-10-24-15)16-7-5-11-25-16/h3-7,10-11,13-14,22H,1,8-9,12,20H2,2H3/t13?,14?,18-/m0/s1. The first kappa shape index (κ1) is 18.3. The van der Waals surface area contributed by atoms with Gasteiger partial charge in [0.2, 0.25) is 5.60 Å². The van der Waals surface area contributed by atoms with Crippen molar-refractivity contribution in [3.63, 3.8) is 0 Å². The quantitative estimate of drug-likeness (QED) is 0.572. The summed E-state index contributed by atoms with van der Waals surface area (Å²) >= 11 is 2.69. The average Bonchev–Trinajstić information content (AvgIpc) is 3.30. The van der Waals surface area contributed by atoms with E-state index in [0.29, 0.717) is 22.7 Å². The van der Waals surface area contributed by atoms with Gasteiger partial charge in [0.05, 0.1) is 9.75 Å². The molecule has 3 rings (SSSR count). The molecule has 0 saturated heterocycles. The van der Waals surface area contributed by atoms with Crippen LogP contribution in [-0.4, -0.2) is 23.2 Å². The number of carbonyl (C=O) groups excluding carboxylic acids is 1. The summed E-state index contributed by atoms with van der Waals surface area (Å²) < 4.78 is 5.90. The molecule has 25 heavy (non-hydrogen) atoms. The highest BCUT2D eigenvalue weighted by atomic mass is 32.1. The number of hydrogen-bond donors (Lipinski definition) is 2. The van der Waals surface area contributed by atoms with E-state index in [0.717, 1.165) is 6.42 Å². The molecule has 134 valence electrons. The minimum Gasteiger partial charge on any atom is -0.456 e. The van der Waals surface area contributed by atoms with Crippen LogP contribution < -0.4 is 5.73 Å². The van der Waals surface area contributed by atoms with Gasteiger partial charge in [-0.3, -0.25) is 0 Å². The van der Waals surface area contributed by atoms with Crippen LogP contribution in [0.4, 0.5) is 0 Å². The number of aliphatic hydroxyl groups is 1. The van der Waals surface area contributed by atoms with Crippen molar-refractivity contribution in [2.75, 3.05) is 6.54 Å². The van der Waals surface area contributed by atoms with Crippen LogP contribution in [0.1, 0.15) is 29.5 Å². The molecular weight excluding hydrogens is 354 g/mol. The Hall–Kier alpha value is -1.47. The van der Waals surface area contributed by atoms with Gasteiger partial charge in [-0.15, -0.1) is 29.3 Å². The molecule has 1 aliphatic carbocycles. The minimum atomic E-state index is -1.77. The normalized spacial score (nSPS) is 26.0. The largest absolute Gasteiger partial charge is 0.456 e. The molecule has 0 radical (unpaired) electrons. The van der Waals surface area contributed by atoms with Crippen LogP contribution in [0.5, 0.6) is 0 Å². The van der Waals surface area contributed by atoms with Gasteiger partial charge < -0.3 is 15.6 Å². The first-order valence-corrected chi connectivity index (χ1v) is 10.1. The fourth-order valence-corrected chi connectivity index (χ4v) is 5.41. The molecule has 1 aliphatic rings. The van der Waals surface area contributed by atoms with E-state index >= 15 is 0 Å². The van der Waals surface area contributed by atoms with Crippen LogP contribution in [0.3, 0.4) is 0 Å². The van der Waals surface area contributed by atoms with E-state index in [1.165, 1.54) is 22.7 Å². The maximum absolute atomic E-state index is 13.1. The van der Waals surface area contributed by atoms with Gasteiger partial charge in [-0.2, -0.15) is 0 Å². The Bertz CT molecular complexity index is 692. The Kier molecular flexibility index (Phi) is 5.16. The lowest BCUT2D eigenvalue weighted by Crippen LogP contribution is -2.56. The third-order valence-corrected chi connectivity index (χ3v) is 7.06. The second-order valence-corrected chi connectivity index (χ2v) is 8.55. The lowest BCUT2D eigenvalue weighted by molar-refractivity contribution is -0.202. The number of esters is 1. The lowest BCUT2D eigenvalue weighted by Gasteiger charge is -2.52. The van der Waals surface area contributed by atoms with E-state index in [-0.39, 0.29) is 11.8 Å². The number of thiophene rings is 2. The third-order valence-electron chi connectivity index (χ3n) is 5.10. The molecule has 1 saturated carbocycles. The van der Waals surface area contributed by atoms with Gasteiger partial charge in [-0.25, -0.2) is 4.79 Å². The predicted molar refractivity (Wildman–Crippen MR) is 102 cm³/mol. The van der Waals surface area contributed by atoms with Crippen LogP contribution in [0.25, 0.3) is 0 Å². The molecule has 0 amide bonds. The van der Waals surface area contributed by atoms with Gasteiger partial charge >= 0.3 is 5.97 Å². The molecule has 3 atom stereocenters. The Labute approximate surface area is 155 Å². The summed E-state index contributed by atoms with van der Waals surface area (Å²) in [5, 5.41) is 15.0. The van der Waals surface area contributed by atoms with Crippen molar-refractivity contribution in [3.05, 3.63) is 57.4 Å². The average molecular weight is 378 g/mol. The molecule has 2 aromatic rings. The summed E-state index contributed by atoms with van der Waals surface area (Å²) in [6.45, 7) is 6.32. The van der Waals surface area contributed by atoms with Crippen molar-refractivity contribution < 1.29 is 14.6 Å². The fraction of sp³-hybridized carbons (Fsp3) is 0.421. The summed E-state index contributed by atoms with van der Waals surface area (Å²) in [7, 11) is 0. The topological polar surface area (TPSA) is 72.5 Å². The molecule has 2 aromatic heterocycles. The van der Waals surface area contributed by atoms with E-state index in [4.69, 9.17) is 10.5 Å². The van der Waals surface area contributed by atoms with Gasteiger partial charge in [-0.1, -0.05) is 18.2 Å². The van der Waals surface area contributed by atoms with E-state index in [2.05, 4.69) is 6.58 Å². The summed E-state index contributed by atoms with van der Waals surface area (Å²) in [6, 6.07) is 7.17. The summed E-state index contributed by atoms with van der Waals surface area (Å²) in [5.74, 6) is -0.197. The molecule has 0 aliphatic heterocycles. The highest BCUT2D eigenvalue weighted by molar-refractivity contribution is 7.12. The van der Waals surface area contributed by atoms with Crippen LogP contribution in [-0.2, 0) is 15.1 Å². The molecule has 3 N–H and O–H groups in total. The molecule has 0 bridgehead atoms. The number of rotatable bonds is 7. The number of allylic oxidation sites excluding steroid dienone is 1. The monoisotopic (exact) mass is 377 g/mol. The SMILES string of the molecule is C=CC1C[C@](C)(OC(=O)C(O)(c2cccs2)c2cccs2)C1CCN. The van der Waals surface area contributed by atoms with Crippen molar-refractivity contribution in [3.8, 4) is 0 Å². The molecule has 0 spiro atoms. The summed E-state index contributed by atoms with van der Waals surface area (Å²) in [4.78, 5) is 14.2. The van der Waals surface area contributed by atoms with Crippen molar-refractivity contribution in [2.24, 2.45) is 17.6 Å². The number of nitrogens with two attached hydrogens (primary N) is 1. The fourth-order valence-electron chi connectivity index (χ4n) is 3.70. The molecule has 2 heterocycles. The van der Waals surface area contributed by atoms with Crippen molar-refractivity contribution in [2.45, 2.75) is 31.0 Å². The van der Waals surface area contributed by atoms with Gasteiger partial charge in [0, 0.05) is 5.92 Å². The number of hydrogen-bond acceptors (Lipinski definition) is 6. The van der Waals surface area contributed by atoms with Crippen molar-refractivity contribution in [1.82, 2.24) is 0 Å². The second-order valence-electron chi connectivity index (χ2n) is 6.65. The van der Waals surface area contributed by atoms with Crippen LogP contribution in [0.15, 0.2) is 47.7 Å². The molecule has 0 aromatic carbocycles. The molecule has 6 heteroatoms. The lowest BCUT2D eigenvalue weighted by atomic mass is 9.60. The smallest absolute Gasteiger partial charge is 0.349 e. The summed E-state index contributed by atoms with van der Waals surface area (Å²) in [5.41, 5.74) is 3.33. The Morgan fingerprint density at radius 2 is 2.04 bits per heavy atom. The molecule has 4 nitrogen and oxygen atoms in total. The highest BCUT2D eigenvalue weighted by Crippen LogP contribution is 2.50. The Balaban J connectivity index is 1.88. The number of ether oxygens (including phenoxy) is 1. The zero-order chi connectivity index (χ0) is 18.1. The summed E-state index contributed by atoms with van der Waals surface area (Å²) in [6.07, 6.45) is 3.37. The van der Waals surface area contributed by atoms with E-state index in [1.807, 2.05) is 35.9 Å². The van der Waals surface area contributed by atoms with Crippen LogP contribution in [0.2, 0.25) is 0 Å². The van der Waals surface area contributed by atoms with Gasteiger partial charge in [0.25, 0.3) is 0 Å². The Morgan fingerprint density at radius 1 is 1.44 bits per heavy atom. The zero-order valence-corrected chi connectivity index (χ0v) is 15.8. The maximum atomic E-state index is 13.1. The highest BCUT2D eigenvalue weighted by Gasteiger charge is 2.55. The van der Waals surface area contributed by atoms with E-state index in [9.17, 15) is 9.90 Å². The second kappa shape index (κ2) is 7.03.